The molecule has 0 aliphatic carbocycles. The third-order valence-electron chi connectivity index (χ3n) is 3.00. The molecule has 1 rings (SSSR count). The molecule has 6 nitrogen and oxygen atoms in total. The number of hydrogen-bond donors (Lipinski definition) is 2. The number of nitrogens with zero attached hydrogens (tertiary/aromatic N) is 1. The molecule has 0 radical (unpaired) electrons. The Bertz CT molecular complexity index is 840. The van der Waals surface area contributed by atoms with Crippen LogP contribution in [0, 0.1) is 0 Å². The second kappa shape index (κ2) is 9.03. The number of sulfonamides is 1. The SMILES string of the molecule is C/C=C(Cl)/C(=C\C=C(/N)Cl)C(=O)NS(=O)(=O)c1cccc(C(C)C)n1. The minimum absolute atomic E-state index is 0.0376. The molecule has 0 atom stereocenters. The molecule has 1 amide bonds. The maximum Gasteiger partial charge on any atom is 0.281 e. The fourth-order valence-electron chi connectivity index (χ4n) is 1.71. The number of aromatic nitrogens is 1. The number of rotatable bonds is 6. The Labute approximate surface area is 157 Å². The first-order valence-electron chi connectivity index (χ1n) is 7.27. The van der Waals surface area contributed by atoms with Crippen molar-refractivity contribution in [2.75, 3.05) is 0 Å². The Hall–Kier alpha value is -1.83. The topological polar surface area (TPSA) is 102 Å². The quantitative estimate of drug-likeness (QED) is 0.431. The highest BCUT2D eigenvalue weighted by molar-refractivity contribution is 7.90. The molecule has 0 aliphatic heterocycles. The molecular formula is C16H19Cl2N3O3S. The minimum Gasteiger partial charge on any atom is -0.389 e. The molecule has 9 heteroatoms. The van der Waals surface area contributed by atoms with Gasteiger partial charge in [0.1, 0.15) is 0 Å². The Morgan fingerprint density at radius 3 is 2.44 bits per heavy atom. The van der Waals surface area contributed by atoms with Gasteiger partial charge in [0.2, 0.25) is 0 Å². The predicted octanol–water partition coefficient (Wildman–Crippen LogP) is 3.12. The lowest BCUT2D eigenvalue weighted by atomic mass is 10.1. The van der Waals surface area contributed by atoms with Gasteiger partial charge in [-0.15, -0.1) is 0 Å². The van der Waals surface area contributed by atoms with Crippen LogP contribution in [0.2, 0.25) is 0 Å². The van der Waals surface area contributed by atoms with Gasteiger partial charge in [0.05, 0.1) is 10.7 Å². The van der Waals surface area contributed by atoms with E-state index in [9.17, 15) is 13.2 Å². The number of carbonyl (C=O) groups is 1. The van der Waals surface area contributed by atoms with E-state index in [2.05, 4.69) is 4.98 Å². The third-order valence-corrected chi connectivity index (χ3v) is 4.78. The zero-order valence-electron chi connectivity index (χ0n) is 14.0. The van der Waals surface area contributed by atoms with Crippen molar-refractivity contribution in [1.29, 1.82) is 0 Å². The second-order valence-electron chi connectivity index (χ2n) is 5.26. The highest BCUT2D eigenvalue weighted by Crippen LogP contribution is 2.18. The average Bonchev–Trinajstić information content (AvgIpc) is 2.54. The lowest BCUT2D eigenvalue weighted by molar-refractivity contribution is -0.115. The van der Waals surface area contributed by atoms with E-state index in [0.29, 0.717) is 5.69 Å². The summed E-state index contributed by atoms with van der Waals surface area (Å²) in [6, 6.07) is 4.58. The summed E-state index contributed by atoms with van der Waals surface area (Å²) in [6.07, 6.45) is 3.90. The predicted molar refractivity (Wildman–Crippen MR) is 99.5 cm³/mol. The van der Waals surface area contributed by atoms with Crippen molar-refractivity contribution >= 4 is 39.1 Å². The van der Waals surface area contributed by atoms with Gasteiger partial charge in [-0.05, 0) is 37.1 Å². The van der Waals surface area contributed by atoms with Crippen molar-refractivity contribution in [3.63, 3.8) is 0 Å². The first-order valence-corrected chi connectivity index (χ1v) is 9.51. The van der Waals surface area contributed by atoms with E-state index in [-0.39, 0.29) is 26.7 Å². The number of amides is 1. The molecule has 0 saturated carbocycles. The van der Waals surface area contributed by atoms with Gasteiger partial charge in [-0.25, -0.2) is 9.71 Å². The zero-order valence-corrected chi connectivity index (χ0v) is 16.3. The highest BCUT2D eigenvalue weighted by Gasteiger charge is 2.23. The van der Waals surface area contributed by atoms with Crippen molar-refractivity contribution < 1.29 is 13.2 Å². The summed E-state index contributed by atoms with van der Waals surface area (Å²) in [5.41, 5.74) is 5.80. The van der Waals surface area contributed by atoms with Crippen LogP contribution < -0.4 is 10.5 Å². The molecule has 0 unspecified atom stereocenters. The van der Waals surface area contributed by atoms with Gasteiger partial charge in [-0.2, -0.15) is 8.42 Å². The molecule has 0 aliphatic rings. The van der Waals surface area contributed by atoms with Crippen molar-refractivity contribution in [2.45, 2.75) is 31.7 Å². The summed E-state index contributed by atoms with van der Waals surface area (Å²) >= 11 is 11.5. The van der Waals surface area contributed by atoms with Crippen molar-refractivity contribution in [3.05, 3.63) is 57.9 Å². The zero-order chi connectivity index (χ0) is 19.2. The van der Waals surface area contributed by atoms with Gasteiger partial charge in [0.25, 0.3) is 15.9 Å². The van der Waals surface area contributed by atoms with Gasteiger partial charge in [-0.1, -0.05) is 49.2 Å². The number of nitrogens with two attached hydrogens (primary N) is 1. The van der Waals surface area contributed by atoms with Crippen LogP contribution >= 0.6 is 23.2 Å². The van der Waals surface area contributed by atoms with Gasteiger partial charge >= 0.3 is 0 Å². The lowest BCUT2D eigenvalue weighted by Gasteiger charge is -2.10. The smallest absolute Gasteiger partial charge is 0.281 e. The van der Waals surface area contributed by atoms with E-state index in [0.717, 1.165) is 0 Å². The molecule has 0 aromatic carbocycles. The average molecular weight is 404 g/mol. The standard InChI is InChI=1S/C16H19Cl2N3O3S/c1-4-12(17)11(8-9-14(18)19)16(22)21-25(23,24)15-7-5-6-13(20-15)10(2)3/h4-10H,19H2,1-3H3,(H,21,22)/b11-8+,12-4-,14-9-. The molecule has 25 heavy (non-hydrogen) atoms. The lowest BCUT2D eigenvalue weighted by Crippen LogP contribution is -2.32. The van der Waals surface area contributed by atoms with Gasteiger partial charge in [-0.3, -0.25) is 4.79 Å². The largest absolute Gasteiger partial charge is 0.389 e. The highest BCUT2D eigenvalue weighted by atomic mass is 35.5. The molecule has 1 aromatic rings. The number of nitrogens with one attached hydrogen (secondary N) is 1. The van der Waals surface area contributed by atoms with E-state index < -0.39 is 15.9 Å². The van der Waals surface area contributed by atoms with Gasteiger partial charge < -0.3 is 5.73 Å². The fraction of sp³-hybridized carbons (Fsp3) is 0.250. The Kier molecular flexibility index (Phi) is 7.66. The first kappa shape index (κ1) is 21.2. The Balaban J connectivity index is 3.20. The first-order chi connectivity index (χ1) is 11.6. The Morgan fingerprint density at radius 1 is 1.28 bits per heavy atom. The molecule has 3 N–H and O–H groups in total. The molecule has 0 saturated heterocycles. The van der Waals surface area contributed by atoms with Crippen LogP contribution in [0.4, 0.5) is 0 Å². The van der Waals surface area contributed by atoms with Gasteiger partial charge in [0.15, 0.2) is 5.03 Å². The maximum atomic E-state index is 12.4. The molecule has 0 spiro atoms. The summed E-state index contributed by atoms with van der Waals surface area (Å²) in [7, 11) is -4.16. The van der Waals surface area contributed by atoms with Crippen LogP contribution in [0.1, 0.15) is 32.4 Å². The summed E-state index contributed by atoms with van der Waals surface area (Å²) in [5, 5.41) is -0.291. The Morgan fingerprint density at radius 2 is 1.92 bits per heavy atom. The van der Waals surface area contributed by atoms with E-state index >= 15 is 0 Å². The van der Waals surface area contributed by atoms with Crippen LogP contribution in [0.15, 0.2) is 57.2 Å². The van der Waals surface area contributed by atoms with Crippen LogP contribution in [0.5, 0.6) is 0 Å². The third kappa shape index (κ3) is 6.19. The minimum atomic E-state index is -4.16. The molecular weight excluding hydrogens is 385 g/mol. The summed E-state index contributed by atoms with van der Waals surface area (Å²) in [5.74, 6) is -0.885. The van der Waals surface area contributed by atoms with E-state index in [4.69, 9.17) is 28.9 Å². The summed E-state index contributed by atoms with van der Waals surface area (Å²) in [4.78, 5) is 16.4. The van der Waals surface area contributed by atoms with Crippen molar-refractivity contribution in [3.8, 4) is 0 Å². The van der Waals surface area contributed by atoms with E-state index in [1.165, 1.54) is 24.3 Å². The molecule has 1 aromatic heterocycles. The van der Waals surface area contributed by atoms with Crippen LogP contribution in [-0.2, 0) is 14.8 Å². The van der Waals surface area contributed by atoms with Crippen molar-refractivity contribution in [2.24, 2.45) is 5.73 Å². The second-order valence-corrected chi connectivity index (χ2v) is 7.73. The van der Waals surface area contributed by atoms with Gasteiger partial charge in [0, 0.05) is 10.7 Å². The summed E-state index contributed by atoms with van der Waals surface area (Å²) in [6.45, 7) is 5.36. The maximum absolute atomic E-state index is 12.4. The van der Waals surface area contributed by atoms with Crippen LogP contribution in [0.25, 0.3) is 0 Å². The molecule has 0 fully saturated rings. The number of pyridine rings is 1. The van der Waals surface area contributed by atoms with Crippen LogP contribution in [-0.4, -0.2) is 19.3 Å². The molecule has 136 valence electrons. The van der Waals surface area contributed by atoms with E-state index in [1.807, 2.05) is 18.6 Å². The number of allylic oxidation sites excluding steroid dienone is 3. The molecule has 0 bridgehead atoms. The number of carbonyl (C=O) groups excluding carboxylic acids is 1. The van der Waals surface area contributed by atoms with E-state index in [1.54, 1.807) is 19.1 Å². The fourth-order valence-corrected chi connectivity index (χ4v) is 2.87. The number of hydrogen-bond acceptors (Lipinski definition) is 5. The van der Waals surface area contributed by atoms with Crippen LogP contribution in [0.3, 0.4) is 0 Å². The monoisotopic (exact) mass is 403 g/mol. The molecule has 1 heterocycles. The summed E-state index contributed by atoms with van der Waals surface area (Å²) < 4.78 is 26.8. The normalized spacial score (nSPS) is 13.9. The van der Waals surface area contributed by atoms with Crippen molar-refractivity contribution in [1.82, 2.24) is 9.71 Å². The number of halogens is 2.